The van der Waals surface area contributed by atoms with Gasteiger partial charge >= 0.3 is 22.4 Å². The predicted octanol–water partition coefficient (Wildman–Crippen LogP) is 6.28. The second-order valence-corrected chi connectivity index (χ2v) is 10.4. The first-order valence-electron chi connectivity index (χ1n) is 11.8. The molecular formula is C26H26ClF3N2O7S. The zero-order chi connectivity index (χ0) is 29.7. The fourth-order valence-electron chi connectivity index (χ4n) is 3.89. The van der Waals surface area contributed by atoms with Crippen LogP contribution in [0, 0.1) is 6.92 Å². The minimum Gasteiger partial charge on any atom is -0.491 e. The molecule has 0 atom stereocenters. The molecule has 14 heteroatoms. The number of pyridine rings is 1. The van der Waals surface area contributed by atoms with E-state index in [4.69, 9.17) is 31.5 Å². The van der Waals surface area contributed by atoms with E-state index >= 15 is 0 Å². The molecular weight excluding hydrogens is 577 g/mol. The van der Waals surface area contributed by atoms with Gasteiger partial charge in [0.05, 0.1) is 12.2 Å². The van der Waals surface area contributed by atoms with Crippen molar-refractivity contribution in [2.24, 2.45) is 5.73 Å². The van der Waals surface area contributed by atoms with Gasteiger partial charge in [-0.2, -0.15) is 21.6 Å². The Morgan fingerprint density at radius 2 is 1.85 bits per heavy atom. The standard InChI is InChI=1S/C26H26ClF3N2O7S/c1-4-5-19-22(40(34,35)39-25(31)33)9-6-15(2)23(19)18-8-7-17(37-11-10-36-3)13-21(18)38-24-20(27)12-16(14-32-24)26(28,29)30/h6-9,12-14H,4-5,10-11H2,1-3H3,(H2,31,33). The summed E-state index contributed by atoms with van der Waals surface area (Å²) in [5.41, 5.74) is 5.64. The number of rotatable bonds is 11. The summed E-state index contributed by atoms with van der Waals surface area (Å²) in [4.78, 5) is 14.8. The number of carbonyl (C=O) groups is 1. The van der Waals surface area contributed by atoms with Crippen LogP contribution in [0.15, 0.2) is 47.5 Å². The van der Waals surface area contributed by atoms with Crippen molar-refractivity contribution >= 4 is 27.8 Å². The Morgan fingerprint density at radius 3 is 2.45 bits per heavy atom. The fourth-order valence-corrected chi connectivity index (χ4v) is 5.14. The van der Waals surface area contributed by atoms with E-state index in [1.807, 2.05) is 6.92 Å². The minimum absolute atomic E-state index is 0.0647. The van der Waals surface area contributed by atoms with Crippen LogP contribution in [0.5, 0.6) is 17.4 Å². The van der Waals surface area contributed by atoms with Gasteiger partial charge in [-0.25, -0.2) is 9.78 Å². The van der Waals surface area contributed by atoms with Crippen LogP contribution in [0.1, 0.15) is 30.0 Å². The maximum Gasteiger partial charge on any atom is 0.420 e. The largest absolute Gasteiger partial charge is 0.491 e. The number of amides is 1. The smallest absolute Gasteiger partial charge is 0.420 e. The van der Waals surface area contributed by atoms with Crippen molar-refractivity contribution in [1.82, 2.24) is 4.98 Å². The third-order valence-electron chi connectivity index (χ3n) is 5.56. The first-order valence-corrected chi connectivity index (χ1v) is 13.6. The molecule has 40 heavy (non-hydrogen) atoms. The van der Waals surface area contributed by atoms with Crippen LogP contribution in [0.3, 0.4) is 0 Å². The maximum atomic E-state index is 13.1. The van der Waals surface area contributed by atoms with E-state index in [0.717, 1.165) is 0 Å². The second-order valence-electron chi connectivity index (χ2n) is 8.45. The number of halogens is 4. The highest BCUT2D eigenvalue weighted by Crippen LogP contribution is 2.43. The van der Waals surface area contributed by atoms with Crippen LogP contribution in [-0.4, -0.2) is 39.8 Å². The lowest BCUT2D eigenvalue weighted by Gasteiger charge is -2.20. The molecule has 0 saturated heterocycles. The van der Waals surface area contributed by atoms with Gasteiger partial charge in [-0.3, -0.25) is 0 Å². The molecule has 0 radical (unpaired) electrons. The van der Waals surface area contributed by atoms with Gasteiger partial charge in [0.25, 0.3) is 0 Å². The molecule has 1 aromatic heterocycles. The molecule has 3 rings (SSSR count). The molecule has 0 aliphatic heterocycles. The average molecular weight is 603 g/mol. The quantitative estimate of drug-likeness (QED) is 0.201. The molecule has 0 aliphatic carbocycles. The van der Waals surface area contributed by atoms with Crippen molar-refractivity contribution in [3.63, 3.8) is 0 Å². The average Bonchev–Trinajstić information content (AvgIpc) is 2.85. The second kappa shape index (κ2) is 12.7. The number of ether oxygens (including phenoxy) is 3. The SMILES string of the molecule is CCCc1c(S(=O)(=O)OC(N)=O)ccc(C)c1-c1ccc(OCCOC)cc1Oc1ncc(C(F)(F)F)cc1Cl. The first-order chi connectivity index (χ1) is 18.8. The number of hydrogen-bond acceptors (Lipinski definition) is 8. The van der Waals surface area contributed by atoms with Gasteiger partial charge in [0.2, 0.25) is 5.88 Å². The predicted molar refractivity (Wildman–Crippen MR) is 140 cm³/mol. The monoisotopic (exact) mass is 602 g/mol. The number of methoxy groups -OCH3 is 1. The fraction of sp³-hybridized carbons (Fsp3) is 0.308. The Morgan fingerprint density at radius 1 is 1.12 bits per heavy atom. The van der Waals surface area contributed by atoms with E-state index in [0.29, 0.717) is 46.7 Å². The van der Waals surface area contributed by atoms with Crippen LogP contribution < -0.4 is 15.2 Å². The number of aromatic nitrogens is 1. The molecule has 0 spiro atoms. The molecule has 9 nitrogen and oxygen atoms in total. The summed E-state index contributed by atoms with van der Waals surface area (Å²) in [6.07, 6.45) is -4.81. The Kier molecular flexibility index (Phi) is 9.87. The van der Waals surface area contributed by atoms with E-state index in [-0.39, 0.29) is 36.2 Å². The van der Waals surface area contributed by atoms with Gasteiger partial charge in [-0.1, -0.05) is 31.0 Å². The van der Waals surface area contributed by atoms with Crippen molar-refractivity contribution < 1.29 is 44.8 Å². The van der Waals surface area contributed by atoms with Crippen LogP contribution in [0.2, 0.25) is 5.02 Å². The lowest BCUT2D eigenvalue weighted by atomic mass is 9.92. The lowest BCUT2D eigenvalue weighted by Crippen LogP contribution is -2.20. The summed E-state index contributed by atoms with van der Waals surface area (Å²) in [5, 5.41) is -0.400. The zero-order valence-electron chi connectivity index (χ0n) is 21.7. The van der Waals surface area contributed by atoms with Gasteiger partial charge < -0.3 is 24.1 Å². The van der Waals surface area contributed by atoms with Gasteiger partial charge in [0.1, 0.15) is 28.0 Å². The number of aryl methyl sites for hydroxylation is 1. The van der Waals surface area contributed by atoms with E-state index in [2.05, 4.69) is 9.17 Å². The number of benzene rings is 2. The highest BCUT2D eigenvalue weighted by Gasteiger charge is 2.32. The van der Waals surface area contributed by atoms with E-state index in [1.54, 1.807) is 19.1 Å². The summed E-state index contributed by atoms with van der Waals surface area (Å²) >= 11 is 6.10. The summed E-state index contributed by atoms with van der Waals surface area (Å²) in [6.45, 7) is 4.03. The third-order valence-corrected chi connectivity index (χ3v) is 7.14. The number of nitrogens with zero attached hydrogens (tertiary/aromatic N) is 1. The molecule has 1 heterocycles. The molecule has 1 amide bonds. The lowest BCUT2D eigenvalue weighted by molar-refractivity contribution is -0.137. The molecule has 216 valence electrons. The van der Waals surface area contributed by atoms with Gasteiger partial charge in [-0.05, 0) is 54.3 Å². The Bertz CT molecular complexity index is 1500. The van der Waals surface area contributed by atoms with Crippen LogP contribution in [-0.2, 0) is 31.6 Å². The van der Waals surface area contributed by atoms with Crippen molar-refractivity contribution in [2.45, 2.75) is 37.8 Å². The number of carbonyl (C=O) groups excluding carboxylic acids is 1. The summed E-state index contributed by atoms with van der Waals surface area (Å²) in [7, 11) is -3.07. The molecule has 3 aromatic rings. The maximum absolute atomic E-state index is 13.1. The van der Waals surface area contributed by atoms with Crippen molar-refractivity contribution in [1.29, 1.82) is 0 Å². The number of hydrogen-bond donors (Lipinski definition) is 1. The summed E-state index contributed by atoms with van der Waals surface area (Å²) in [6, 6.07) is 8.18. The molecule has 0 unspecified atom stereocenters. The summed E-state index contributed by atoms with van der Waals surface area (Å²) in [5.74, 6) is 0.0738. The van der Waals surface area contributed by atoms with Crippen molar-refractivity contribution in [3.8, 4) is 28.5 Å². The van der Waals surface area contributed by atoms with Crippen LogP contribution in [0.4, 0.5) is 18.0 Å². The molecule has 2 N–H and O–H groups in total. The van der Waals surface area contributed by atoms with Crippen molar-refractivity contribution in [2.75, 3.05) is 20.3 Å². The molecule has 0 bridgehead atoms. The van der Waals surface area contributed by atoms with E-state index in [1.165, 1.54) is 25.3 Å². The van der Waals surface area contributed by atoms with Crippen LogP contribution >= 0.6 is 11.6 Å². The molecule has 0 fully saturated rings. The number of primary amides is 1. The third kappa shape index (κ3) is 7.34. The Labute approximate surface area is 234 Å². The topological polar surface area (TPSA) is 127 Å². The zero-order valence-corrected chi connectivity index (χ0v) is 23.2. The number of nitrogens with two attached hydrogens (primary N) is 1. The van der Waals surface area contributed by atoms with Gasteiger partial charge in [0.15, 0.2) is 0 Å². The minimum atomic E-state index is -4.67. The highest BCUT2D eigenvalue weighted by atomic mass is 35.5. The Hall–Kier alpha value is -3.55. The molecule has 0 saturated carbocycles. The van der Waals surface area contributed by atoms with E-state index < -0.39 is 33.0 Å². The van der Waals surface area contributed by atoms with Gasteiger partial charge in [-0.15, -0.1) is 0 Å². The Balaban J connectivity index is 2.24. The summed E-state index contributed by atoms with van der Waals surface area (Å²) < 4.78 is 86.1. The van der Waals surface area contributed by atoms with Gasteiger partial charge in [0, 0.05) is 24.9 Å². The first kappa shape index (κ1) is 31.0. The van der Waals surface area contributed by atoms with Crippen LogP contribution in [0.25, 0.3) is 11.1 Å². The van der Waals surface area contributed by atoms with E-state index in [9.17, 15) is 26.4 Å². The highest BCUT2D eigenvalue weighted by molar-refractivity contribution is 7.87. The molecule has 0 aliphatic rings. The van der Waals surface area contributed by atoms with Crippen molar-refractivity contribution in [3.05, 3.63) is 64.3 Å². The normalized spacial score (nSPS) is 11.8. The number of alkyl halides is 3. The molecule has 2 aromatic carbocycles.